The van der Waals surface area contributed by atoms with E-state index >= 15 is 0 Å². The van der Waals surface area contributed by atoms with E-state index in [1.54, 1.807) is 0 Å². The van der Waals surface area contributed by atoms with Crippen molar-refractivity contribution < 1.29 is 9.53 Å². The number of carbonyl (C=O) groups excluding carboxylic acids is 1. The first-order valence-electron chi connectivity index (χ1n) is 5.90. The number of hydrogen-bond donors (Lipinski definition) is 1. The molecule has 15 heavy (non-hydrogen) atoms. The van der Waals surface area contributed by atoms with Crippen LogP contribution in [0.3, 0.4) is 0 Å². The summed E-state index contributed by atoms with van der Waals surface area (Å²) in [4.78, 5) is 11.4. The zero-order valence-corrected chi connectivity index (χ0v) is 10.1. The van der Waals surface area contributed by atoms with E-state index in [9.17, 15) is 4.79 Å². The molecule has 1 aliphatic rings. The Balaban J connectivity index is 2.06. The second-order valence-corrected chi connectivity index (χ2v) is 5.34. The molecule has 1 fully saturated rings. The molecule has 1 atom stereocenters. The minimum atomic E-state index is -0.341. The van der Waals surface area contributed by atoms with E-state index in [1.807, 2.05) is 20.8 Å². The zero-order valence-electron chi connectivity index (χ0n) is 10.1. The number of rotatable bonds is 4. The highest BCUT2D eigenvalue weighted by molar-refractivity contribution is 5.69. The minimum absolute atomic E-state index is 0.0616. The fourth-order valence-corrected chi connectivity index (χ4v) is 1.89. The van der Waals surface area contributed by atoms with Crippen LogP contribution in [0.4, 0.5) is 0 Å². The second kappa shape index (κ2) is 5.50. The van der Waals surface area contributed by atoms with E-state index < -0.39 is 0 Å². The number of esters is 1. The van der Waals surface area contributed by atoms with Crippen molar-refractivity contribution in [3.63, 3.8) is 0 Å². The molecule has 0 bridgehead atoms. The van der Waals surface area contributed by atoms with Crippen molar-refractivity contribution >= 4 is 5.97 Å². The van der Waals surface area contributed by atoms with E-state index in [4.69, 9.17) is 4.74 Å². The summed E-state index contributed by atoms with van der Waals surface area (Å²) in [5.41, 5.74) is -0.341. The van der Waals surface area contributed by atoms with Crippen LogP contribution < -0.4 is 5.32 Å². The van der Waals surface area contributed by atoms with E-state index in [2.05, 4.69) is 5.32 Å². The Kier molecular flexibility index (Phi) is 4.58. The van der Waals surface area contributed by atoms with Crippen molar-refractivity contribution in [2.75, 3.05) is 13.1 Å². The van der Waals surface area contributed by atoms with Gasteiger partial charge in [-0.2, -0.15) is 0 Å². The molecule has 1 rings (SSSR count). The molecule has 1 unspecified atom stereocenters. The van der Waals surface area contributed by atoms with Crippen molar-refractivity contribution in [2.45, 2.75) is 52.1 Å². The molecule has 0 saturated carbocycles. The van der Waals surface area contributed by atoms with Gasteiger partial charge in [0, 0.05) is 6.42 Å². The van der Waals surface area contributed by atoms with Crippen molar-refractivity contribution in [3.05, 3.63) is 0 Å². The zero-order chi connectivity index (χ0) is 11.3. The van der Waals surface area contributed by atoms with E-state index in [1.165, 1.54) is 6.42 Å². The molecular weight excluding hydrogens is 190 g/mol. The maximum Gasteiger partial charge on any atom is 0.306 e. The molecule has 0 aromatic heterocycles. The van der Waals surface area contributed by atoms with Gasteiger partial charge in [-0.25, -0.2) is 0 Å². The molecule has 0 spiro atoms. The molecule has 0 amide bonds. The predicted molar refractivity (Wildman–Crippen MR) is 60.7 cm³/mol. The average molecular weight is 213 g/mol. The summed E-state index contributed by atoms with van der Waals surface area (Å²) in [5, 5.41) is 3.33. The number of ether oxygens (including phenoxy) is 1. The van der Waals surface area contributed by atoms with Gasteiger partial charge in [-0.05, 0) is 59.0 Å². The fourth-order valence-electron chi connectivity index (χ4n) is 1.89. The van der Waals surface area contributed by atoms with Gasteiger partial charge in [-0.1, -0.05) is 0 Å². The van der Waals surface area contributed by atoms with Crippen LogP contribution in [-0.4, -0.2) is 24.7 Å². The third kappa shape index (κ3) is 5.78. The maximum atomic E-state index is 11.4. The Hall–Kier alpha value is -0.570. The van der Waals surface area contributed by atoms with Crippen LogP contribution in [0.2, 0.25) is 0 Å². The molecule has 88 valence electrons. The Morgan fingerprint density at radius 2 is 2.20 bits per heavy atom. The van der Waals surface area contributed by atoms with Gasteiger partial charge in [0.25, 0.3) is 0 Å². The van der Waals surface area contributed by atoms with Gasteiger partial charge in [0.05, 0.1) is 0 Å². The summed E-state index contributed by atoms with van der Waals surface area (Å²) in [6.45, 7) is 7.98. The van der Waals surface area contributed by atoms with Crippen LogP contribution in [0.1, 0.15) is 46.5 Å². The molecule has 0 radical (unpaired) electrons. The Bertz CT molecular complexity index is 202. The summed E-state index contributed by atoms with van der Waals surface area (Å²) >= 11 is 0. The molecule has 0 aliphatic carbocycles. The minimum Gasteiger partial charge on any atom is -0.460 e. The number of nitrogens with one attached hydrogen (secondary N) is 1. The standard InChI is InChI=1S/C12H23NO2/c1-12(2,3)15-11(14)6-4-5-10-7-8-13-9-10/h10,13H,4-9H2,1-3H3. The van der Waals surface area contributed by atoms with Crippen LogP contribution in [0.25, 0.3) is 0 Å². The lowest BCUT2D eigenvalue weighted by Crippen LogP contribution is -2.23. The molecule has 0 aromatic carbocycles. The SMILES string of the molecule is CC(C)(C)OC(=O)CCCC1CCNC1. The third-order valence-corrected chi connectivity index (χ3v) is 2.58. The van der Waals surface area contributed by atoms with Gasteiger partial charge in [-0.3, -0.25) is 4.79 Å². The van der Waals surface area contributed by atoms with Crippen molar-refractivity contribution in [1.82, 2.24) is 5.32 Å². The molecular formula is C12H23NO2. The largest absolute Gasteiger partial charge is 0.460 e. The molecule has 0 aromatic rings. The fraction of sp³-hybridized carbons (Fsp3) is 0.917. The predicted octanol–water partition coefficient (Wildman–Crippen LogP) is 2.11. The summed E-state index contributed by atoms with van der Waals surface area (Å²) in [6, 6.07) is 0. The summed E-state index contributed by atoms with van der Waals surface area (Å²) in [6.07, 6.45) is 3.93. The summed E-state index contributed by atoms with van der Waals surface area (Å²) in [5.74, 6) is 0.709. The van der Waals surface area contributed by atoms with E-state index in [0.29, 0.717) is 6.42 Å². The topological polar surface area (TPSA) is 38.3 Å². The molecule has 1 aliphatic heterocycles. The van der Waals surface area contributed by atoms with Gasteiger partial charge in [0.2, 0.25) is 0 Å². The molecule has 1 N–H and O–H groups in total. The van der Waals surface area contributed by atoms with Gasteiger partial charge in [-0.15, -0.1) is 0 Å². The van der Waals surface area contributed by atoms with Crippen LogP contribution in [-0.2, 0) is 9.53 Å². The average Bonchev–Trinajstić information content (AvgIpc) is 2.53. The Labute approximate surface area is 92.6 Å². The van der Waals surface area contributed by atoms with E-state index in [0.717, 1.165) is 31.8 Å². The quantitative estimate of drug-likeness (QED) is 0.727. The second-order valence-electron chi connectivity index (χ2n) is 5.34. The van der Waals surface area contributed by atoms with Gasteiger partial charge in [0.1, 0.15) is 5.60 Å². The normalized spacial score (nSPS) is 21.7. The first-order valence-corrected chi connectivity index (χ1v) is 5.90. The maximum absolute atomic E-state index is 11.4. The highest BCUT2D eigenvalue weighted by Crippen LogP contribution is 2.16. The number of carbonyl (C=O) groups is 1. The first kappa shape index (κ1) is 12.5. The van der Waals surface area contributed by atoms with E-state index in [-0.39, 0.29) is 11.6 Å². The Morgan fingerprint density at radius 3 is 2.73 bits per heavy atom. The molecule has 3 heteroatoms. The molecule has 3 nitrogen and oxygen atoms in total. The smallest absolute Gasteiger partial charge is 0.306 e. The molecule has 1 saturated heterocycles. The van der Waals surface area contributed by atoms with Crippen LogP contribution in [0.15, 0.2) is 0 Å². The van der Waals surface area contributed by atoms with Crippen LogP contribution in [0, 0.1) is 5.92 Å². The highest BCUT2D eigenvalue weighted by Gasteiger charge is 2.17. The van der Waals surface area contributed by atoms with Gasteiger partial charge >= 0.3 is 5.97 Å². The summed E-state index contributed by atoms with van der Waals surface area (Å²) in [7, 11) is 0. The molecule has 1 heterocycles. The Morgan fingerprint density at radius 1 is 1.47 bits per heavy atom. The van der Waals surface area contributed by atoms with Crippen molar-refractivity contribution in [3.8, 4) is 0 Å². The lowest BCUT2D eigenvalue weighted by Gasteiger charge is -2.19. The number of hydrogen-bond acceptors (Lipinski definition) is 3. The van der Waals surface area contributed by atoms with Gasteiger partial charge in [0.15, 0.2) is 0 Å². The van der Waals surface area contributed by atoms with Crippen molar-refractivity contribution in [2.24, 2.45) is 5.92 Å². The third-order valence-electron chi connectivity index (χ3n) is 2.58. The lowest BCUT2D eigenvalue weighted by atomic mass is 10.0. The summed E-state index contributed by atoms with van der Waals surface area (Å²) < 4.78 is 5.25. The van der Waals surface area contributed by atoms with Gasteiger partial charge < -0.3 is 10.1 Å². The highest BCUT2D eigenvalue weighted by atomic mass is 16.6. The first-order chi connectivity index (χ1) is 6.97. The van der Waals surface area contributed by atoms with Crippen molar-refractivity contribution in [1.29, 1.82) is 0 Å². The van der Waals surface area contributed by atoms with Crippen LogP contribution in [0.5, 0.6) is 0 Å². The van der Waals surface area contributed by atoms with Crippen LogP contribution >= 0.6 is 0 Å². The monoisotopic (exact) mass is 213 g/mol. The lowest BCUT2D eigenvalue weighted by molar-refractivity contribution is -0.154.